The Bertz CT molecular complexity index is 1080. The predicted molar refractivity (Wildman–Crippen MR) is 121 cm³/mol. The summed E-state index contributed by atoms with van der Waals surface area (Å²) in [4.78, 5) is 0. The number of alkyl halides is 3. The van der Waals surface area contributed by atoms with Gasteiger partial charge in [0.2, 0.25) is 0 Å². The van der Waals surface area contributed by atoms with Crippen LogP contribution in [0.2, 0.25) is 5.02 Å². The first-order valence-corrected chi connectivity index (χ1v) is 11.3. The van der Waals surface area contributed by atoms with Gasteiger partial charge in [-0.3, -0.25) is 0 Å². The van der Waals surface area contributed by atoms with Crippen molar-refractivity contribution in [3.8, 4) is 22.1 Å². The van der Waals surface area contributed by atoms with E-state index in [0.717, 1.165) is 17.4 Å². The lowest BCUT2D eigenvalue weighted by Crippen LogP contribution is -2.36. The summed E-state index contributed by atoms with van der Waals surface area (Å²) in [6.07, 6.45) is -3.53. The Morgan fingerprint density at radius 3 is 2.33 bits per heavy atom. The number of halogens is 4. The third kappa shape index (κ3) is 6.57. The molecule has 0 fully saturated rings. The molecule has 11 heteroatoms. The van der Waals surface area contributed by atoms with Gasteiger partial charge in [0.15, 0.2) is 0 Å². The van der Waals surface area contributed by atoms with Crippen LogP contribution in [0.25, 0.3) is 10.6 Å². The molecule has 3 N–H and O–H groups in total. The standard InChI is InChI=1S/C22H23ClF3N3O3S/c1-21(27,13-30)20-29-28-19(33-20)14-8-9-17(15(12-14)22(24,25)26)31-10-4-5-11-32-18-7-3-2-6-16(18)23/h2-3,6-9,12,30H,4-5,10-11,13,27H2,1H3/t21-/m0/s1. The highest BCUT2D eigenvalue weighted by atomic mass is 35.5. The molecule has 0 radical (unpaired) electrons. The third-order valence-electron chi connectivity index (χ3n) is 4.66. The van der Waals surface area contributed by atoms with Crippen molar-refractivity contribution in [3.05, 3.63) is 58.1 Å². The average Bonchev–Trinajstić information content (AvgIpc) is 3.28. The van der Waals surface area contributed by atoms with Crippen LogP contribution in [0.15, 0.2) is 42.5 Å². The Morgan fingerprint density at radius 1 is 1.03 bits per heavy atom. The molecule has 178 valence electrons. The summed E-state index contributed by atoms with van der Waals surface area (Å²) < 4.78 is 51.9. The van der Waals surface area contributed by atoms with Crippen molar-refractivity contribution in [2.75, 3.05) is 19.8 Å². The molecule has 2 aromatic carbocycles. The van der Waals surface area contributed by atoms with Crippen molar-refractivity contribution >= 4 is 22.9 Å². The molecular formula is C22H23ClF3N3O3S. The summed E-state index contributed by atoms with van der Waals surface area (Å²) >= 11 is 7.04. The number of aromatic nitrogens is 2. The first kappa shape index (κ1) is 25.2. The Kier molecular flexibility index (Phi) is 8.17. The van der Waals surface area contributed by atoms with E-state index in [1.165, 1.54) is 12.1 Å². The van der Waals surface area contributed by atoms with Gasteiger partial charge in [-0.05, 0) is 50.1 Å². The molecule has 0 bridgehead atoms. The third-order valence-corrected chi connectivity index (χ3v) is 6.23. The van der Waals surface area contributed by atoms with Crippen molar-refractivity contribution in [1.29, 1.82) is 0 Å². The molecule has 1 atom stereocenters. The summed E-state index contributed by atoms with van der Waals surface area (Å²) in [5.41, 5.74) is 4.14. The van der Waals surface area contributed by atoms with Crippen molar-refractivity contribution in [2.45, 2.75) is 31.5 Å². The van der Waals surface area contributed by atoms with Crippen LogP contribution in [0.5, 0.6) is 11.5 Å². The van der Waals surface area contributed by atoms with Crippen LogP contribution in [-0.2, 0) is 11.7 Å². The number of para-hydroxylation sites is 1. The van der Waals surface area contributed by atoms with Crippen molar-refractivity contribution in [2.24, 2.45) is 5.73 Å². The Balaban J connectivity index is 1.62. The summed E-state index contributed by atoms with van der Waals surface area (Å²) in [5.74, 6) is 0.297. The van der Waals surface area contributed by atoms with Gasteiger partial charge in [0.25, 0.3) is 0 Å². The van der Waals surface area contributed by atoms with Gasteiger partial charge in [-0.15, -0.1) is 10.2 Å². The number of aliphatic hydroxyl groups is 1. The summed E-state index contributed by atoms with van der Waals surface area (Å²) in [6, 6.07) is 10.8. The molecule has 33 heavy (non-hydrogen) atoms. The van der Waals surface area contributed by atoms with E-state index in [4.69, 9.17) is 26.8 Å². The largest absolute Gasteiger partial charge is 0.493 e. The average molecular weight is 502 g/mol. The minimum absolute atomic E-state index is 0.0965. The number of nitrogens with zero attached hydrogens (tertiary/aromatic N) is 2. The highest BCUT2D eigenvalue weighted by Crippen LogP contribution is 2.40. The molecule has 3 rings (SSSR count). The summed E-state index contributed by atoms with van der Waals surface area (Å²) in [7, 11) is 0. The van der Waals surface area contributed by atoms with Gasteiger partial charge in [-0.25, -0.2) is 0 Å². The number of rotatable bonds is 10. The molecule has 0 saturated carbocycles. The van der Waals surface area contributed by atoms with E-state index in [0.29, 0.717) is 35.2 Å². The fraction of sp³-hybridized carbons (Fsp3) is 0.364. The minimum atomic E-state index is -4.61. The van der Waals surface area contributed by atoms with Gasteiger partial charge < -0.3 is 20.3 Å². The monoisotopic (exact) mass is 501 g/mol. The zero-order valence-corrected chi connectivity index (χ0v) is 19.3. The lowest BCUT2D eigenvalue weighted by Gasteiger charge is -2.17. The normalized spacial score (nSPS) is 13.5. The van der Waals surface area contributed by atoms with E-state index < -0.39 is 17.3 Å². The number of nitrogens with two attached hydrogens (primary N) is 1. The van der Waals surface area contributed by atoms with Crippen molar-refractivity contribution < 1.29 is 27.8 Å². The van der Waals surface area contributed by atoms with Crippen LogP contribution in [0.3, 0.4) is 0 Å². The molecule has 0 unspecified atom stereocenters. The highest BCUT2D eigenvalue weighted by molar-refractivity contribution is 7.14. The molecule has 3 aromatic rings. The van der Waals surface area contributed by atoms with Crippen molar-refractivity contribution in [3.63, 3.8) is 0 Å². The second-order valence-electron chi connectivity index (χ2n) is 7.53. The van der Waals surface area contributed by atoms with Crippen LogP contribution in [0.1, 0.15) is 30.3 Å². The Hall–Kier alpha value is -2.40. The molecule has 0 aliphatic carbocycles. The summed E-state index contributed by atoms with van der Waals surface area (Å²) in [5, 5.41) is 18.3. The fourth-order valence-corrected chi connectivity index (χ4v) is 3.86. The van der Waals surface area contributed by atoms with Crippen LogP contribution >= 0.6 is 22.9 Å². The van der Waals surface area contributed by atoms with Crippen LogP contribution in [-0.4, -0.2) is 35.1 Å². The number of aliphatic hydroxyl groups excluding tert-OH is 1. The van der Waals surface area contributed by atoms with Crippen LogP contribution in [0, 0.1) is 0 Å². The van der Waals surface area contributed by atoms with Gasteiger partial charge >= 0.3 is 6.18 Å². The van der Waals surface area contributed by atoms with E-state index in [9.17, 15) is 18.3 Å². The fourth-order valence-electron chi connectivity index (χ4n) is 2.78. The van der Waals surface area contributed by atoms with Gasteiger partial charge in [-0.2, -0.15) is 13.2 Å². The second kappa shape index (κ2) is 10.7. The van der Waals surface area contributed by atoms with Crippen LogP contribution in [0.4, 0.5) is 13.2 Å². The van der Waals surface area contributed by atoms with Gasteiger partial charge in [0.05, 0.1) is 35.9 Å². The topological polar surface area (TPSA) is 90.5 Å². The maximum Gasteiger partial charge on any atom is 0.419 e. The van der Waals surface area contributed by atoms with Gasteiger partial charge in [0, 0.05) is 5.56 Å². The maximum atomic E-state index is 13.7. The summed E-state index contributed by atoms with van der Waals surface area (Å²) in [6.45, 7) is 1.66. The minimum Gasteiger partial charge on any atom is -0.493 e. The smallest absolute Gasteiger partial charge is 0.419 e. The molecule has 0 aliphatic heterocycles. The molecule has 6 nitrogen and oxygen atoms in total. The zero-order chi connectivity index (χ0) is 24.1. The SMILES string of the molecule is C[C@](N)(CO)c1nnc(-c2ccc(OCCCCOc3ccccc3Cl)c(C(F)(F)F)c2)s1. The number of hydrogen-bond donors (Lipinski definition) is 2. The number of ether oxygens (including phenoxy) is 2. The number of benzene rings is 2. The molecule has 0 amide bonds. The highest BCUT2D eigenvalue weighted by Gasteiger charge is 2.35. The van der Waals surface area contributed by atoms with Crippen molar-refractivity contribution in [1.82, 2.24) is 10.2 Å². The molecule has 1 aromatic heterocycles. The molecule has 1 heterocycles. The lowest BCUT2D eigenvalue weighted by molar-refractivity contribution is -0.138. The van der Waals surface area contributed by atoms with E-state index in [-0.39, 0.29) is 29.5 Å². The first-order valence-electron chi connectivity index (χ1n) is 10.1. The maximum absolute atomic E-state index is 13.7. The number of hydrogen-bond acceptors (Lipinski definition) is 7. The van der Waals surface area contributed by atoms with E-state index >= 15 is 0 Å². The Morgan fingerprint density at radius 2 is 1.70 bits per heavy atom. The Labute approximate surface area is 198 Å². The molecule has 0 saturated heterocycles. The zero-order valence-electron chi connectivity index (χ0n) is 17.7. The van der Waals surface area contributed by atoms with Gasteiger partial charge in [0.1, 0.15) is 21.5 Å². The predicted octanol–water partition coefficient (Wildman–Crippen LogP) is 5.28. The quantitative estimate of drug-likeness (QED) is 0.367. The molecular weight excluding hydrogens is 479 g/mol. The first-order chi connectivity index (χ1) is 15.6. The second-order valence-corrected chi connectivity index (χ2v) is 8.92. The molecule has 0 aliphatic rings. The van der Waals surface area contributed by atoms with Gasteiger partial charge in [-0.1, -0.05) is 35.1 Å². The van der Waals surface area contributed by atoms with E-state index in [1.54, 1.807) is 31.2 Å². The van der Waals surface area contributed by atoms with Crippen LogP contribution < -0.4 is 15.2 Å². The number of unbranched alkanes of at least 4 members (excludes halogenated alkanes) is 1. The molecule has 0 spiro atoms. The lowest BCUT2D eigenvalue weighted by atomic mass is 10.1. The van der Waals surface area contributed by atoms with E-state index in [2.05, 4.69) is 10.2 Å². The van der Waals surface area contributed by atoms with E-state index in [1.807, 2.05) is 0 Å².